The van der Waals surface area contributed by atoms with Gasteiger partial charge in [0.1, 0.15) is 11.4 Å². The zero-order chi connectivity index (χ0) is 26.1. The zero-order valence-corrected chi connectivity index (χ0v) is 20.9. The lowest BCUT2D eigenvalue weighted by Crippen LogP contribution is -2.36. The number of imidazole rings is 1. The molecule has 0 saturated carbocycles. The van der Waals surface area contributed by atoms with Crippen molar-refractivity contribution < 1.29 is 10.2 Å². The van der Waals surface area contributed by atoms with Crippen molar-refractivity contribution in [2.24, 2.45) is 0 Å². The highest BCUT2D eigenvalue weighted by atomic mass is 16.3. The van der Waals surface area contributed by atoms with E-state index < -0.39 is 0 Å². The smallest absolute Gasteiger partial charge is 0.326 e. The van der Waals surface area contributed by atoms with Crippen molar-refractivity contribution in [1.82, 2.24) is 24.4 Å². The molecule has 2 aromatic heterocycles. The molecule has 0 amide bonds. The molecule has 1 aliphatic rings. The van der Waals surface area contributed by atoms with E-state index in [0.29, 0.717) is 11.4 Å². The lowest BCUT2D eigenvalue weighted by Gasteiger charge is -2.32. The van der Waals surface area contributed by atoms with Gasteiger partial charge in [-0.05, 0) is 30.5 Å². The quantitative estimate of drug-likeness (QED) is 0.313. The van der Waals surface area contributed by atoms with E-state index in [-0.39, 0.29) is 29.9 Å². The number of aliphatic hydroxyl groups is 1. The van der Waals surface area contributed by atoms with Crippen LogP contribution in [0.3, 0.4) is 0 Å². The molecule has 3 heterocycles. The number of aromatic amines is 1. The van der Waals surface area contributed by atoms with Gasteiger partial charge >= 0.3 is 5.69 Å². The van der Waals surface area contributed by atoms with E-state index in [2.05, 4.69) is 32.0 Å². The number of hydrogen-bond acceptors (Lipinski definition) is 6. The Balaban J connectivity index is 1.18. The Kier molecular flexibility index (Phi) is 6.49. The first kappa shape index (κ1) is 24.1. The number of rotatable bonds is 6. The molecular weight excluding hydrogens is 478 g/mol. The van der Waals surface area contributed by atoms with Gasteiger partial charge in [-0.15, -0.1) is 0 Å². The standard InChI is InChI=1S/C30H29N5O3/c36-19-25-29(37)33-28(27(31-25)21-6-2-1-3-7-21)22-12-10-20(11-13-22)18-34-16-14-23(15-17-34)35-26-9-5-4-8-24(26)32-30(35)38/h1-13,23,36H,14-19H2,(H,32,38)(H,33,37). The molecule has 8 nitrogen and oxygen atoms in total. The topological polar surface area (TPSA) is 107 Å². The number of H-pyrrole nitrogens is 1. The van der Waals surface area contributed by atoms with Crippen LogP contribution in [-0.2, 0) is 13.2 Å². The summed E-state index contributed by atoms with van der Waals surface area (Å²) in [6.45, 7) is 2.27. The summed E-state index contributed by atoms with van der Waals surface area (Å²) >= 11 is 0. The minimum Gasteiger partial charge on any atom is -0.492 e. The van der Waals surface area contributed by atoms with E-state index in [9.17, 15) is 15.0 Å². The highest BCUT2D eigenvalue weighted by Crippen LogP contribution is 2.32. The first-order chi connectivity index (χ1) is 18.6. The van der Waals surface area contributed by atoms with Crippen LogP contribution in [0.5, 0.6) is 5.88 Å². The van der Waals surface area contributed by atoms with Gasteiger partial charge in [-0.1, -0.05) is 66.7 Å². The first-order valence-corrected chi connectivity index (χ1v) is 12.9. The largest absolute Gasteiger partial charge is 0.492 e. The van der Waals surface area contributed by atoms with Gasteiger partial charge in [0.15, 0.2) is 0 Å². The van der Waals surface area contributed by atoms with E-state index in [1.54, 1.807) is 0 Å². The van der Waals surface area contributed by atoms with Crippen molar-refractivity contribution in [2.45, 2.75) is 32.0 Å². The average Bonchev–Trinajstić information content (AvgIpc) is 3.30. The lowest BCUT2D eigenvalue weighted by atomic mass is 10.0. The molecule has 6 rings (SSSR count). The fourth-order valence-electron chi connectivity index (χ4n) is 5.36. The molecule has 1 fully saturated rings. The summed E-state index contributed by atoms with van der Waals surface area (Å²) < 4.78 is 1.92. The van der Waals surface area contributed by atoms with Gasteiger partial charge in [0.2, 0.25) is 5.88 Å². The first-order valence-electron chi connectivity index (χ1n) is 12.9. The number of nitrogens with one attached hydrogen (secondary N) is 1. The number of fused-ring (bicyclic) bond motifs is 1. The molecular formula is C30H29N5O3. The highest BCUT2D eigenvalue weighted by molar-refractivity contribution is 5.78. The molecule has 0 atom stereocenters. The van der Waals surface area contributed by atoms with Crippen LogP contribution in [0, 0.1) is 0 Å². The SMILES string of the molecule is O=c1[nH]c2ccccc2n1C1CCN(Cc2ccc(-c3nc(O)c(CO)nc3-c3ccccc3)cc2)CC1. The number of aromatic hydroxyl groups is 1. The molecule has 0 unspecified atom stereocenters. The van der Waals surface area contributed by atoms with Gasteiger partial charge in [0, 0.05) is 36.8 Å². The summed E-state index contributed by atoms with van der Waals surface area (Å²) in [5, 5.41) is 19.9. The van der Waals surface area contributed by atoms with Crippen LogP contribution in [0.25, 0.3) is 33.5 Å². The van der Waals surface area contributed by atoms with Gasteiger partial charge in [0.25, 0.3) is 0 Å². The second kappa shape index (κ2) is 10.2. The molecule has 8 heteroatoms. The summed E-state index contributed by atoms with van der Waals surface area (Å²) in [5.74, 6) is -0.261. The van der Waals surface area contributed by atoms with Gasteiger partial charge in [0.05, 0.1) is 23.3 Å². The molecule has 1 aliphatic heterocycles. The van der Waals surface area contributed by atoms with E-state index in [1.807, 2.05) is 71.3 Å². The van der Waals surface area contributed by atoms with Crippen LogP contribution in [0.1, 0.15) is 30.1 Å². The Morgan fingerprint density at radius 1 is 0.842 bits per heavy atom. The molecule has 5 aromatic rings. The van der Waals surface area contributed by atoms with Crippen molar-refractivity contribution in [3.8, 4) is 28.4 Å². The highest BCUT2D eigenvalue weighted by Gasteiger charge is 2.24. The normalized spacial score (nSPS) is 14.8. The third kappa shape index (κ3) is 4.60. The van der Waals surface area contributed by atoms with Crippen molar-refractivity contribution in [3.05, 3.63) is 101 Å². The Bertz CT molecular complexity index is 1620. The van der Waals surface area contributed by atoms with E-state index in [0.717, 1.165) is 54.6 Å². The maximum Gasteiger partial charge on any atom is 0.326 e. The lowest BCUT2D eigenvalue weighted by molar-refractivity contribution is 0.180. The van der Waals surface area contributed by atoms with Gasteiger partial charge in [-0.3, -0.25) is 9.47 Å². The molecule has 0 bridgehead atoms. The van der Waals surface area contributed by atoms with Crippen molar-refractivity contribution >= 4 is 11.0 Å². The zero-order valence-electron chi connectivity index (χ0n) is 20.9. The maximum atomic E-state index is 12.6. The number of likely N-dealkylation sites (tertiary alicyclic amines) is 1. The molecule has 3 N–H and O–H groups in total. The third-order valence-corrected chi connectivity index (χ3v) is 7.32. The van der Waals surface area contributed by atoms with E-state index in [1.165, 1.54) is 5.56 Å². The molecule has 192 valence electrons. The van der Waals surface area contributed by atoms with E-state index in [4.69, 9.17) is 0 Å². The summed E-state index contributed by atoms with van der Waals surface area (Å²) in [6, 6.07) is 25.9. The Hall–Kier alpha value is -4.27. The fraction of sp³-hybridized carbons (Fsp3) is 0.233. The van der Waals surface area contributed by atoms with Crippen LogP contribution in [0.15, 0.2) is 83.7 Å². The molecule has 3 aromatic carbocycles. The van der Waals surface area contributed by atoms with Gasteiger partial charge < -0.3 is 15.2 Å². The molecule has 0 radical (unpaired) electrons. The van der Waals surface area contributed by atoms with Crippen molar-refractivity contribution in [1.29, 1.82) is 0 Å². The number of para-hydroxylation sites is 2. The van der Waals surface area contributed by atoms with Crippen LogP contribution < -0.4 is 5.69 Å². The number of benzene rings is 3. The molecule has 0 aliphatic carbocycles. The predicted molar refractivity (Wildman–Crippen MR) is 147 cm³/mol. The van der Waals surface area contributed by atoms with Crippen molar-refractivity contribution in [2.75, 3.05) is 13.1 Å². The second-order valence-corrected chi connectivity index (χ2v) is 9.74. The Morgan fingerprint density at radius 2 is 1.50 bits per heavy atom. The Labute approximate surface area is 219 Å². The summed E-state index contributed by atoms with van der Waals surface area (Å²) in [5.41, 5.74) is 6.07. The molecule has 1 saturated heterocycles. The third-order valence-electron chi connectivity index (χ3n) is 7.32. The van der Waals surface area contributed by atoms with Crippen molar-refractivity contribution in [3.63, 3.8) is 0 Å². The average molecular weight is 508 g/mol. The molecule has 38 heavy (non-hydrogen) atoms. The minimum absolute atomic E-state index is 0.0312. The number of piperidine rings is 1. The second-order valence-electron chi connectivity index (χ2n) is 9.74. The summed E-state index contributed by atoms with van der Waals surface area (Å²) in [4.78, 5) is 26.9. The minimum atomic E-state index is -0.385. The van der Waals surface area contributed by atoms with Gasteiger partial charge in [-0.25, -0.2) is 14.8 Å². The Morgan fingerprint density at radius 3 is 2.24 bits per heavy atom. The molecule has 0 spiro atoms. The fourth-order valence-corrected chi connectivity index (χ4v) is 5.36. The number of aliphatic hydroxyl groups excluding tert-OH is 1. The number of nitrogens with zero attached hydrogens (tertiary/aromatic N) is 4. The van der Waals surface area contributed by atoms with Crippen LogP contribution in [0.2, 0.25) is 0 Å². The summed E-state index contributed by atoms with van der Waals surface area (Å²) in [6.07, 6.45) is 1.85. The van der Waals surface area contributed by atoms with Gasteiger partial charge in [-0.2, -0.15) is 0 Å². The van der Waals surface area contributed by atoms with Crippen LogP contribution in [0.4, 0.5) is 0 Å². The van der Waals surface area contributed by atoms with Crippen LogP contribution >= 0.6 is 0 Å². The monoisotopic (exact) mass is 507 g/mol. The number of aromatic nitrogens is 4. The summed E-state index contributed by atoms with van der Waals surface area (Å²) in [7, 11) is 0. The van der Waals surface area contributed by atoms with E-state index >= 15 is 0 Å². The van der Waals surface area contributed by atoms with Crippen LogP contribution in [-0.4, -0.2) is 47.7 Å². The number of hydrogen-bond donors (Lipinski definition) is 3. The predicted octanol–water partition coefficient (Wildman–Crippen LogP) is 4.49. The maximum absolute atomic E-state index is 12.6.